The number of aromatic nitrogens is 3. The molecule has 0 atom stereocenters. The van der Waals surface area contributed by atoms with Crippen LogP contribution in [0.2, 0.25) is 5.02 Å². The van der Waals surface area contributed by atoms with Gasteiger partial charge >= 0.3 is 0 Å². The van der Waals surface area contributed by atoms with E-state index in [4.69, 9.17) is 16.1 Å². The molecule has 2 aromatic heterocycles. The van der Waals surface area contributed by atoms with Crippen LogP contribution in [0, 0.1) is 6.92 Å². The Balaban J connectivity index is 1.43. The van der Waals surface area contributed by atoms with E-state index in [1.807, 2.05) is 55.5 Å². The fourth-order valence-electron chi connectivity index (χ4n) is 2.77. The van der Waals surface area contributed by atoms with E-state index in [9.17, 15) is 4.79 Å². The first-order chi connectivity index (χ1) is 13.6. The lowest BCUT2D eigenvalue weighted by molar-refractivity contribution is 0.101. The van der Waals surface area contributed by atoms with Gasteiger partial charge in [-0.05, 0) is 24.6 Å². The van der Waals surface area contributed by atoms with Crippen LogP contribution in [0.4, 0.5) is 5.69 Å². The molecule has 0 saturated carbocycles. The highest BCUT2D eigenvalue weighted by Crippen LogP contribution is 2.21. The number of nitrogens with one attached hydrogen (secondary N) is 1. The molecule has 6 nitrogen and oxygen atoms in total. The Bertz CT molecular complexity index is 1120. The van der Waals surface area contributed by atoms with Crippen LogP contribution < -0.4 is 5.32 Å². The van der Waals surface area contributed by atoms with Crippen molar-refractivity contribution in [3.8, 4) is 11.3 Å². The molecule has 4 aromatic rings. The number of benzene rings is 2. The highest BCUT2D eigenvalue weighted by atomic mass is 35.5. The van der Waals surface area contributed by atoms with Crippen LogP contribution >= 0.6 is 11.6 Å². The van der Waals surface area contributed by atoms with E-state index >= 15 is 0 Å². The second-order valence-electron chi connectivity index (χ2n) is 6.45. The molecule has 0 bridgehead atoms. The molecule has 0 fully saturated rings. The number of aryl methyl sites for hydroxylation is 1. The number of anilines is 1. The van der Waals surface area contributed by atoms with E-state index in [1.165, 1.54) is 0 Å². The van der Waals surface area contributed by atoms with Crippen molar-refractivity contribution >= 4 is 23.2 Å². The summed E-state index contributed by atoms with van der Waals surface area (Å²) in [5.41, 5.74) is 3.82. The normalized spacial score (nSPS) is 10.8. The molecular formula is C21H17ClN4O2. The molecule has 7 heteroatoms. The van der Waals surface area contributed by atoms with E-state index in [1.54, 1.807) is 23.1 Å². The standard InChI is InChI=1S/C21H17ClN4O2/c1-14-5-7-16(8-6-14)20-10-19(25-28-20)21(27)24-18-11-23-26(13-18)12-15-3-2-4-17(22)9-15/h2-11,13H,12H2,1H3,(H,24,27). The van der Waals surface area contributed by atoms with Crippen LogP contribution in [-0.2, 0) is 6.54 Å². The molecular weight excluding hydrogens is 376 g/mol. The predicted octanol–water partition coefficient (Wildman–Crippen LogP) is 4.80. The zero-order chi connectivity index (χ0) is 19.5. The highest BCUT2D eigenvalue weighted by Gasteiger charge is 2.14. The molecule has 28 heavy (non-hydrogen) atoms. The number of hydrogen-bond acceptors (Lipinski definition) is 4. The van der Waals surface area contributed by atoms with Crippen LogP contribution in [0.3, 0.4) is 0 Å². The molecule has 0 saturated heterocycles. The summed E-state index contributed by atoms with van der Waals surface area (Å²) < 4.78 is 7.02. The second-order valence-corrected chi connectivity index (χ2v) is 6.89. The van der Waals surface area contributed by atoms with Crippen LogP contribution in [0.1, 0.15) is 21.6 Å². The van der Waals surface area contributed by atoms with Crippen molar-refractivity contribution < 1.29 is 9.32 Å². The average molecular weight is 393 g/mol. The predicted molar refractivity (Wildman–Crippen MR) is 107 cm³/mol. The zero-order valence-electron chi connectivity index (χ0n) is 15.1. The Labute approximate surface area is 166 Å². The first kappa shape index (κ1) is 18.0. The Morgan fingerprint density at radius 1 is 1.18 bits per heavy atom. The van der Waals surface area contributed by atoms with Gasteiger partial charge in [-0.15, -0.1) is 0 Å². The lowest BCUT2D eigenvalue weighted by Gasteiger charge is -2.02. The minimum absolute atomic E-state index is 0.207. The quantitative estimate of drug-likeness (QED) is 0.529. The summed E-state index contributed by atoms with van der Waals surface area (Å²) in [6.45, 7) is 2.56. The molecule has 0 unspecified atom stereocenters. The molecule has 0 aliphatic carbocycles. The van der Waals surface area contributed by atoms with E-state index in [-0.39, 0.29) is 11.6 Å². The number of rotatable bonds is 5. The summed E-state index contributed by atoms with van der Waals surface area (Å²) in [6, 6.07) is 17.0. The molecule has 140 valence electrons. The maximum atomic E-state index is 12.4. The van der Waals surface area contributed by atoms with Gasteiger partial charge in [0.15, 0.2) is 11.5 Å². The van der Waals surface area contributed by atoms with Gasteiger partial charge in [0.25, 0.3) is 5.91 Å². The maximum Gasteiger partial charge on any atom is 0.277 e. The van der Waals surface area contributed by atoms with Gasteiger partial charge in [0.2, 0.25) is 0 Å². The Hall–Kier alpha value is -3.38. The average Bonchev–Trinajstić information content (AvgIpc) is 3.32. The molecule has 0 aliphatic heterocycles. The molecule has 2 aromatic carbocycles. The van der Waals surface area contributed by atoms with Gasteiger partial charge in [-0.2, -0.15) is 5.10 Å². The Morgan fingerprint density at radius 3 is 2.79 bits per heavy atom. The molecule has 2 heterocycles. The van der Waals surface area contributed by atoms with Gasteiger partial charge in [0.1, 0.15) is 0 Å². The zero-order valence-corrected chi connectivity index (χ0v) is 15.8. The summed E-state index contributed by atoms with van der Waals surface area (Å²) in [5, 5.41) is 11.6. The van der Waals surface area contributed by atoms with E-state index < -0.39 is 0 Å². The van der Waals surface area contributed by atoms with Gasteiger partial charge in [0.05, 0.1) is 18.4 Å². The lowest BCUT2D eigenvalue weighted by atomic mass is 10.1. The molecule has 1 N–H and O–H groups in total. The first-order valence-corrected chi connectivity index (χ1v) is 9.06. The number of amides is 1. The third kappa shape index (κ3) is 4.13. The summed E-state index contributed by atoms with van der Waals surface area (Å²) in [4.78, 5) is 12.4. The van der Waals surface area contributed by atoms with Crippen LogP contribution in [0.5, 0.6) is 0 Å². The largest absolute Gasteiger partial charge is 0.355 e. The van der Waals surface area contributed by atoms with Gasteiger partial charge in [-0.3, -0.25) is 9.48 Å². The molecule has 0 spiro atoms. The highest BCUT2D eigenvalue weighted by molar-refractivity contribution is 6.30. The summed E-state index contributed by atoms with van der Waals surface area (Å²) in [5.74, 6) is 0.186. The van der Waals surface area contributed by atoms with Crippen molar-refractivity contribution in [2.24, 2.45) is 0 Å². The van der Waals surface area contributed by atoms with Gasteiger partial charge in [0, 0.05) is 22.8 Å². The third-order valence-electron chi connectivity index (χ3n) is 4.20. The Morgan fingerprint density at radius 2 is 2.00 bits per heavy atom. The van der Waals surface area contributed by atoms with Crippen LogP contribution in [0.15, 0.2) is 71.5 Å². The summed E-state index contributed by atoms with van der Waals surface area (Å²) >= 11 is 6.00. The van der Waals surface area contributed by atoms with Crippen molar-refractivity contribution in [2.75, 3.05) is 5.32 Å². The van der Waals surface area contributed by atoms with Gasteiger partial charge < -0.3 is 9.84 Å². The summed E-state index contributed by atoms with van der Waals surface area (Å²) in [6.07, 6.45) is 3.34. The lowest BCUT2D eigenvalue weighted by Crippen LogP contribution is -2.11. The summed E-state index contributed by atoms with van der Waals surface area (Å²) in [7, 11) is 0. The van der Waals surface area contributed by atoms with Crippen molar-refractivity contribution in [1.82, 2.24) is 14.9 Å². The van der Waals surface area contributed by atoms with Crippen LogP contribution in [0.25, 0.3) is 11.3 Å². The fourth-order valence-corrected chi connectivity index (χ4v) is 2.98. The van der Waals surface area contributed by atoms with E-state index in [0.29, 0.717) is 23.0 Å². The minimum Gasteiger partial charge on any atom is -0.355 e. The number of carbonyl (C=O) groups excluding carboxylic acids is 1. The SMILES string of the molecule is Cc1ccc(-c2cc(C(=O)Nc3cnn(Cc4cccc(Cl)c4)c3)no2)cc1. The minimum atomic E-state index is -0.357. The van der Waals surface area contributed by atoms with Crippen molar-refractivity contribution in [1.29, 1.82) is 0 Å². The fraction of sp³-hybridized carbons (Fsp3) is 0.0952. The number of carbonyl (C=O) groups is 1. The first-order valence-electron chi connectivity index (χ1n) is 8.69. The molecule has 1 amide bonds. The Kier molecular flexibility index (Phi) is 4.95. The van der Waals surface area contributed by atoms with E-state index in [0.717, 1.165) is 16.7 Å². The number of halogens is 1. The van der Waals surface area contributed by atoms with Crippen molar-refractivity contribution in [3.63, 3.8) is 0 Å². The number of nitrogens with zero attached hydrogens (tertiary/aromatic N) is 3. The van der Waals surface area contributed by atoms with Crippen molar-refractivity contribution in [3.05, 3.63) is 88.8 Å². The van der Waals surface area contributed by atoms with Gasteiger partial charge in [-0.1, -0.05) is 58.7 Å². The maximum absolute atomic E-state index is 12.4. The molecule has 4 rings (SSSR count). The second kappa shape index (κ2) is 7.70. The smallest absolute Gasteiger partial charge is 0.277 e. The monoisotopic (exact) mass is 392 g/mol. The molecule has 0 radical (unpaired) electrons. The van der Waals surface area contributed by atoms with Gasteiger partial charge in [-0.25, -0.2) is 0 Å². The third-order valence-corrected chi connectivity index (χ3v) is 4.44. The van der Waals surface area contributed by atoms with E-state index in [2.05, 4.69) is 15.6 Å². The number of hydrogen-bond donors (Lipinski definition) is 1. The topological polar surface area (TPSA) is 73.0 Å². The van der Waals surface area contributed by atoms with Crippen molar-refractivity contribution in [2.45, 2.75) is 13.5 Å². The van der Waals surface area contributed by atoms with Crippen LogP contribution in [-0.4, -0.2) is 20.8 Å². The molecule has 0 aliphatic rings.